The van der Waals surface area contributed by atoms with E-state index in [1.807, 2.05) is 6.07 Å². The highest BCUT2D eigenvalue weighted by molar-refractivity contribution is 6.76. The van der Waals surface area contributed by atoms with E-state index in [-0.39, 0.29) is 0 Å². The minimum atomic E-state index is -0.961. The molecule has 108 valence electrons. The molecule has 0 heterocycles. The van der Waals surface area contributed by atoms with Crippen LogP contribution in [0.25, 0.3) is 0 Å². The number of rotatable bonds is 8. The van der Waals surface area contributed by atoms with Gasteiger partial charge in [0.2, 0.25) is 0 Å². The number of nitrogens with one attached hydrogen (secondary N) is 1. The van der Waals surface area contributed by atoms with E-state index < -0.39 is 8.07 Å². The van der Waals surface area contributed by atoms with Crippen molar-refractivity contribution in [1.82, 2.24) is 5.32 Å². The molecule has 0 aliphatic rings. The van der Waals surface area contributed by atoms with Gasteiger partial charge in [0.25, 0.3) is 0 Å². The monoisotopic (exact) mass is 281 g/mol. The normalized spacial score (nSPS) is 11.4. The van der Waals surface area contributed by atoms with Gasteiger partial charge >= 0.3 is 0 Å². The van der Waals surface area contributed by atoms with E-state index in [9.17, 15) is 0 Å². The van der Waals surface area contributed by atoms with Gasteiger partial charge in [0, 0.05) is 0 Å². The van der Waals surface area contributed by atoms with Crippen LogP contribution in [0.1, 0.15) is 12.0 Å². The SMILES string of the molecule is COc1ccc(CCCNC[Si](C)(C)C)cc1OC. The average molecular weight is 281 g/mol. The minimum Gasteiger partial charge on any atom is -0.493 e. The maximum Gasteiger partial charge on any atom is 0.160 e. The first kappa shape index (κ1) is 16.1. The summed E-state index contributed by atoms with van der Waals surface area (Å²) in [6.07, 6.45) is 3.41. The molecule has 0 aliphatic heterocycles. The number of benzene rings is 1. The van der Waals surface area contributed by atoms with Crippen LogP contribution in [0.15, 0.2) is 18.2 Å². The maximum atomic E-state index is 5.31. The standard InChI is InChI=1S/C15H27NO2Si/c1-17-14-9-8-13(11-15(14)18-2)7-6-10-16-12-19(3,4)5/h8-9,11,16H,6-7,10,12H2,1-5H3. The highest BCUT2D eigenvalue weighted by Gasteiger charge is 2.11. The Balaban J connectivity index is 2.37. The zero-order valence-corrected chi connectivity index (χ0v) is 13.9. The van der Waals surface area contributed by atoms with Crippen molar-refractivity contribution in [2.45, 2.75) is 32.5 Å². The van der Waals surface area contributed by atoms with Crippen molar-refractivity contribution >= 4 is 8.07 Å². The molecule has 0 fully saturated rings. The molecule has 0 atom stereocenters. The summed E-state index contributed by atoms with van der Waals surface area (Å²) in [5.41, 5.74) is 1.30. The van der Waals surface area contributed by atoms with Crippen molar-refractivity contribution in [1.29, 1.82) is 0 Å². The first-order valence-corrected chi connectivity index (χ1v) is 10.6. The smallest absolute Gasteiger partial charge is 0.160 e. The van der Waals surface area contributed by atoms with Gasteiger partial charge in [-0.05, 0) is 43.3 Å². The number of hydrogen-bond acceptors (Lipinski definition) is 3. The maximum absolute atomic E-state index is 5.31. The third-order valence-electron chi connectivity index (χ3n) is 2.92. The molecule has 0 aliphatic carbocycles. The highest BCUT2D eigenvalue weighted by Crippen LogP contribution is 2.27. The molecule has 0 aromatic heterocycles. The molecular formula is C15H27NO2Si. The summed E-state index contributed by atoms with van der Waals surface area (Å²) in [6.45, 7) is 8.23. The molecule has 1 aromatic rings. The van der Waals surface area contributed by atoms with Crippen molar-refractivity contribution in [3.63, 3.8) is 0 Å². The van der Waals surface area contributed by atoms with Crippen LogP contribution < -0.4 is 14.8 Å². The third kappa shape index (κ3) is 6.12. The van der Waals surface area contributed by atoms with Crippen LogP contribution in [0.2, 0.25) is 19.6 Å². The summed E-state index contributed by atoms with van der Waals surface area (Å²) in [7, 11) is 2.38. The molecule has 4 heteroatoms. The summed E-state index contributed by atoms with van der Waals surface area (Å²) in [5.74, 6) is 1.61. The van der Waals surface area contributed by atoms with Gasteiger partial charge in [0.1, 0.15) is 0 Å². The van der Waals surface area contributed by atoms with E-state index in [4.69, 9.17) is 9.47 Å². The summed E-state index contributed by atoms with van der Waals surface area (Å²) in [4.78, 5) is 0. The van der Waals surface area contributed by atoms with Gasteiger partial charge in [-0.25, -0.2) is 0 Å². The van der Waals surface area contributed by atoms with Gasteiger partial charge < -0.3 is 14.8 Å². The number of hydrogen-bond donors (Lipinski definition) is 1. The van der Waals surface area contributed by atoms with Crippen molar-refractivity contribution < 1.29 is 9.47 Å². The molecule has 0 unspecified atom stereocenters. The second-order valence-corrected chi connectivity index (χ2v) is 11.5. The Morgan fingerprint density at radius 2 is 1.74 bits per heavy atom. The predicted octanol–water partition coefficient (Wildman–Crippen LogP) is 3.10. The minimum absolute atomic E-state index is 0.795. The number of aryl methyl sites for hydroxylation is 1. The van der Waals surface area contributed by atoms with Crippen LogP contribution in [0, 0.1) is 0 Å². The van der Waals surface area contributed by atoms with Gasteiger partial charge in [-0.1, -0.05) is 25.7 Å². The van der Waals surface area contributed by atoms with Gasteiger partial charge in [-0.3, -0.25) is 0 Å². The number of methoxy groups -OCH3 is 2. The Bertz CT molecular complexity index is 388. The van der Waals surface area contributed by atoms with Crippen LogP contribution >= 0.6 is 0 Å². The van der Waals surface area contributed by atoms with Gasteiger partial charge in [0.05, 0.1) is 22.3 Å². The second-order valence-electron chi connectivity index (χ2n) is 6.03. The Morgan fingerprint density at radius 1 is 1.05 bits per heavy atom. The highest BCUT2D eigenvalue weighted by atomic mass is 28.3. The largest absolute Gasteiger partial charge is 0.493 e. The predicted molar refractivity (Wildman–Crippen MR) is 84.1 cm³/mol. The van der Waals surface area contributed by atoms with Gasteiger partial charge in [0.15, 0.2) is 11.5 Å². The van der Waals surface area contributed by atoms with Crippen molar-refractivity contribution in [2.75, 3.05) is 26.9 Å². The van der Waals surface area contributed by atoms with Crippen molar-refractivity contribution in [3.8, 4) is 11.5 Å². The molecule has 1 rings (SSSR count). The lowest BCUT2D eigenvalue weighted by molar-refractivity contribution is 0.354. The number of ether oxygens (including phenoxy) is 2. The summed E-state index contributed by atoms with van der Waals surface area (Å²) in [6, 6.07) is 6.15. The summed E-state index contributed by atoms with van der Waals surface area (Å²) in [5, 5.41) is 3.55. The van der Waals surface area contributed by atoms with E-state index in [0.29, 0.717) is 0 Å². The van der Waals surface area contributed by atoms with E-state index in [0.717, 1.165) is 30.9 Å². The fourth-order valence-corrected chi connectivity index (χ4v) is 2.84. The van der Waals surface area contributed by atoms with Crippen LogP contribution in [0.4, 0.5) is 0 Å². The second kappa shape index (κ2) is 7.55. The molecular weight excluding hydrogens is 254 g/mol. The molecule has 0 radical (unpaired) electrons. The lowest BCUT2D eigenvalue weighted by Gasteiger charge is -2.16. The van der Waals surface area contributed by atoms with Crippen LogP contribution in [0.5, 0.6) is 11.5 Å². The lowest BCUT2D eigenvalue weighted by atomic mass is 10.1. The van der Waals surface area contributed by atoms with E-state index in [1.54, 1.807) is 14.2 Å². The average Bonchev–Trinajstić information content (AvgIpc) is 2.36. The fraction of sp³-hybridized carbons (Fsp3) is 0.600. The molecule has 0 saturated heterocycles. The van der Waals surface area contributed by atoms with E-state index >= 15 is 0 Å². The van der Waals surface area contributed by atoms with Crippen LogP contribution in [-0.2, 0) is 6.42 Å². The molecule has 19 heavy (non-hydrogen) atoms. The topological polar surface area (TPSA) is 30.5 Å². The Kier molecular flexibility index (Phi) is 6.38. The van der Waals surface area contributed by atoms with Crippen molar-refractivity contribution in [2.24, 2.45) is 0 Å². The molecule has 3 nitrogen and oxygen atoms in total. The summed E-state index contributed by atoms with van der Waals surface area (Å²) < 4.78 is 10.6. The first-order valence-electron chi connectivity index (χ1n) is 6.88. The zero-order chi connectivity index (χ0) is 14.3. The molecule has 0 spiro atoms. The zero-order valence-electron chi connectivity index (χ0n) is 12.9. The van der Waals surface area contributed by atoms with Crippen molar-refractivity contribution in [3.05, 3.63) is 23.8 Å². The molecule has 1 N–H and O–H groups in total. The lowest BCUT2D eigenvalue weighted by Crippen LogP contribution is -2.37. The van der Waals surface area contributed by atoms with E-state index in [2.05, 4.69) is 37.1 Å². The first-order chi connectivity index (χ1) is 8.96. The summed E-state index contributed by atoms with van der Waals surface area (Å²) >= 11 is 0. The Morgan fingerprint density at radius 3 is 2.32 bits per heavy atom. The third-order valence-corrected chi connectivity index (χ3v) is 4.23. The molecule has 1 aromatic carbocycles. The fourth-order valence-electron chi connectivity index (χ4n) is 1.92. The molecule has 0 bridgehead atoms. The Labute approximate surface area is 118 Å². The van der Waals surface area contributed by atoms with Gasteiger partial charge in [-0.2, -0.15) is 0 Å². The quantitative estimate of drug-likeness (QED) is 0.587. The van der Waals surface area contributed by atoms with Crippen LogP contribution in [0.3, 0.4) is 0 Å². The van der Waals surface area contributed by atoms with Gasteiger partial charge in [-0.15, -0.1) is 0 Å². The Hall–Kier alpha value is -1.00. The molecule has 0 amide bonds. The van der Waals surface area contributed by atoms with Crippen LogP contribution in [-0.4, -0.2) is 35.0 Å². The van der Waals surface area contributed by atoms with E-state index in [1.165, 1.54) is 11.7 Å². The molecule has 0 saturated carbocycles.